The van der Waals surface area contributed by atoms with Crippen LogP contribution in [0.25, 0.3) is 0 Å². The molecule has 3 rings (SSSR count). The molecule has 1 aliphatic heterocycles. The first-order chi connectivity index (χ1) is 12.2. The minimum Gasteiger partial charge on any atom is -0.348 e. The Morgan fingerprint density at radius 1 is 1.27 bits per heavy atom. The minimum atomic E-state index is -4.32. The van der Waals surface area contributed by atoms with Gasteiger partial charge in [0, 0.05) is 4.90 Å². The Bertz CT molecular complexity index is 677. The Morgan fingerprint density at radius 3 is 2.46 bits per heavy atom. The van der Waals surface area contributed by atoms with E-state index in [1.54, 1.807) is 19.1 Å². The lowest BCUT2D eigenvalue weighted by Gasteiger charge is -2.30. The van der Waals surface area contributed by atoms with Crippen LogP contribution in [0.15, 0.2) is 29.2 Å². The molecule has 2 amide bonds. The molecule has 9 heteroatoms. The second-order valence-electron chi connectivity index (χ2n) is 6.65. The Balaban J connectivity index is 1.67. The third-order valence-electron chi connectivity index (χ3n) is 4.40. The van der Waals surface area contributed by atoms with Gasteiger partial charge in [-0.2, -0.15) is 13.2 Å². The predicted molar refractivity (Wildman–Crippen MR) is 91.1 cm³/mol. The van der Waals surface area contributed by atoms with Gasteiger partial charge in [0.15, 0.2) is 0 Å². The summed E-state index contributed by atoms with van der Waals surface area (Å²) in [5.41, 5.74) is -3.55. The molecule has 1 heterocycles. The summed E-state index contributed by atoms with van der Waals surface area (Å²) in [5, 5.41) is 8.67. The third kappa shape index (κ3) is 5.14. The van der Waals surface area contributed by atoms with E-state index in [0.29, 0.717) is 0 Å². The van der Waals surface area contributed by atoms with Crippen LogP contribution in [0, 0.1) is 5.92 Å². The maximum Gasteiger partial charge on any atom is 0.446 e. The molecule has 2 aliphatic rings. The lowest BCUT2D eigenvalue weighted by molar-refractivity contribution is -0.132. The molecular formula is C17H20F3N3O2S. The van der Waals surface area contributed by atoms with Gasteiger partial charge in [-0.15, -0.1) is 0 Å². The standard InChI is InChI=1S/C17H20F3N3O2S/c1-9-21-13(8-14(24)22-9)16(25)23-15(10-2-3-10)11-4-6-12(7-5-11)26-17(18,19)20/h4-7,9-10,13,15,21H,2-3,8H2,1H3,(H,22,24)(H,23,25)/t9?,13?,15-/m1/s1. The van der Waals surface area contributed by atoms with Crippen molar-refractivity contribution in [1.29, 1.82) is 0 Å². The Morgan fingerprint density at radius 2 is 1.92 bits per heavy atom. The summed E-state index contributed by atoms with van der Waals surface area (Å²) in [4.78, 5) is 24.3. The summed E-state index contributed by atoms with van der Waals surface area (Å²) >= 11 is -0.160. The summed E-state index contributed by atoms with van der Waals surface area (Å²) in [6.45, 7) is 1.76. The molecule has 2 fully saturated rings. The predicted octanol–water partition coefficient (Wildman–Crippen LogP) is 2.69. The minimum absolute atomic E-state index is 0.0642. The number of hydrogen-bond acceptors (Lipinski definition) is 4. The largest absolute Gasteiger partial charge is 0.446 e. The molecule has 5 nitrogen and oxygen atoms in total. The van der Waals surface area contributed by atoms with Crippen molar-refractivity contribution in [2.24, 2.45) is 5.92 Å². The molecule has 1 aromatic carbocycles. The molecule has 2 unspecified atom stereocenters. The molecule has 0 aromatic heterocycles. The number of hydrogen-bond donors (Lipinski definition) is 3. The van der Waals surface area contributed by atoms with Crippen LogP contribution in [-0.2, 0) is 9.59 Å². The molecule has 3 N–H and O–H groups in total. The van der Waals surface area contributed by atoms with Crippen molar-refractivity contribution in [3.05, 3.63) is 29.8 Å². The fourth-order valence-electron chi connectivity index (χ4n) is 3.09. The number of rotatable bonds is 5. The van der Waals surface area contributed by atoms with Crippen molar-refractivity contribution in [2.45, 2.75) is 54.8 Å². The maximum atomic E-state index is 12.6. The second-order valence-corrected chi connectivity index (χ2v) is 7.79. The first-order valence-corrected chi connectivity index (χ1v) is 9.24. The highest BCUT2D eigenvalue weighted by Crippen LogP contribution is 2.42. The van der Waals surface area contributed by atoms with Gasteiger partial charge in [0.1, 0.15) is 0 Å². The van der Waals surface area contributed by atoms with E-state index in [0.717, 1.165) is 18.4 Å². The highest BCUT2D eigenvalue weighted by molar-refractivity contribution is 8.00. The molecule has 0 radical (unpaired) electrons. The van der Waals surface area contributed by atoms with E-state index >= 15 is 0 Å². The first-order valence-electron chi connectivity index (χ1n) is 8.43. The average Bonchev–Trinajstić information content (AvgIpc) is 3.35. The van der Waals surface area contributed by atoms with Gasteiger partial charge in [0.25, 0.3) is 0 Å². The lowest BCUT2D eigenvalue weighted by atomic mass is 10.0. The number of halogens is 3. The van der Waals surface area contributed by atoms with Crippen molar-refractivity contribution in [1.82, 2.24) is 16.0 Å². The number of benzene rings is 1. The molecule has 3 atom stereocenters. The molecular weight excluding hydrogens is 367 g/mol. The maximum absolute atomic E-state index is 12.6. The van der Waals surface area contributed by atoms with Crippen molar-refractivity contribution >= 4 is 23.6 Å². The van der Waals surface area contributed by atoms with Gasteiger partial charge in [-0.3, -0.25) is 14.9 Å². The SMILES string of the molecule is CC1NC(=O)CC(C(=O)N[C@@H](c2ccc(SC(F)(F)F)cc2)C2CC2)N1. The van der Waals surface area contributed by atoms with Gasteiger partial charge >= 0.3 is 5.51 Å². The summed E-state index contributed by atoms with van der Waals surface area (Å²) in [6.07, 6.45) is 1.69. The van der Waals surface area contributed by atoms with E-state index in [9.17, 15) is 22.8 Å². The lowest BCUT2D eigenvalue weighted by Crippen LogP contribution is -2.59. The van der Waals surface area contributed by atoms with Crippen LogP contribution in [0.1, 0.15) is 37.8 Å². The normalized spacial score (nSPS) is 24.7. The van der Waals surface area contributed by atoms with Crippen LogP contribution in [-0.4, -0.2) is 29.5 Å². The van der Waals surface area contributed by atoms with E-state index in [4.69, 9.17) is 0 Å². The first kappa shape index (κ1) is 19.0. The average molecular weight is 387 g/mol. The van der Waals surface area contributed by atoms with Crippen LogP contribution in [0.3, 0.4) is 0 Å². The zero-order valence-corrected chi connectivity index (χ0v) is 14.9. The van der Waals surface area contributed by atoms with E-state index in [2.05, 4.69) is 16.0 Å². The third-order valence-corrected chi connectivity index (χ3v) is 5.14. The molecule has 142 valence electrons. The van der Waals surface area contributed by atoms with Crippen LogP contribution in [0.2, 0.25) is 0 Å². The zero-order valence-electron chi connectivity index (χ0n) is 14.1. The van der Waals surface area contributed by atoms with Crippen LogP contribution in [0.5, 0.6) is 0 Å². The number of alkyl halides is 3. The zero-order chi connectivity index (χ0) is 18.9. The van der Waals surface area contributed by atoms with E-state index in [1.807, 2.05) is 0 Å². The molecule has 0 spiro atoms. The summed E-state index contributed by atoms with van der Waals surface area (Å²) in [7, 11) is 0. The number of nitrogens with one attached hydrogen (secondary N) is 3. The van der Waals surface area contributed by atoms with Gasteiger partial charge in [-0.25, -0.2) is 0 Å². The van der Waals surface area contributed by atoms with Crippen molar-refractivity contribution < 1.29 is 22.8 Å². The summed E-state index contributed by atoms with van der Waals surface area (Å²) < 4.78 is 37.3. The molecule has 1 aliphatic carbocycles. The Hall–Kier alpha value is -1.74. The van der Waals surface area contributed by atoms with Gasteiger partial charge < -0.3 is 10.6 Å². The molecule has 26 heavy (non-hydrogen) atoms. The van der Waals surface area contributed by atoms with Crippen LogP contribution in [0.4, 0.5) is 13.2 Å². The van der Waals surface area contributed by atoms with E-state index in [1.165, 1.54) is 12.1 Å². The molecule has 0 bridgehead atoms. The van der Waals surface area contributed by atoms with E-state index in [-0.39, 0.29) is 53.0 Å². The van der Waals surface area contributed by atoms with Crippen molar-refractivity contribution in [2.75, 3.05) is 0 Å². The summed E-state index contributed by atoms with van der Waals surface area (Å²) in [5.74, 6) is -0.180. The number of thioether (sulfide) groups is 1. The topological polar surface area (TPSA) is 70.2 Å². The molecule has 1 aromatic rings. The smallest absolute Gasteiger partial charge is 0.348 e. The van der Waals surface area contributed by atoms with Crippen LogP contribution >= 0.6 is 11.8 Å². The van der Waals surface area contributed by atoms with Crippen molar-refractivity contribution in [3.63, 3.8) is 0 Å². The van der Waals surface area contributed by atoms with Gasteiger partial charge in [-0.05, 0) is 55.1 Å². The van der Waals surface area contributed by atoms with Gasteiger partial charge in [0.05, 0.1) is 24.7 Å². The highest BCUT2D eigenvalue weighted by Gasteiger charge is 2.36. The molecule has 1 saturated carbocycles. The number of amides is 2. The second kappa shape index (κ2) is 7.48. The number of carbonyl (C=O) groups excluding carboxylic acids is 2. The van der Waals surface area contributed by atoms with Crippen molar-refractivity contribution in [3.8, 4) is 0 Å². The van der Waals surface area contributed by atoms with Crippen LogP contribution < -0.4 is 16.0 Å². The fraction of sp³-hybridized carbons (Fsp3) is 0.529. The quantitative estimate of drug-likeness (QED) is 0.680. The molecule has 1 saturated heterocycles. The fourth-order valence-corrected chi connectivity index (χ4v) is 3.63. The Labute approximate surface area is 153 Å². The van der Waals surface area contributed by atoms with E-state index < -0.39 is 11.6 Å². The monoisotopic (exact) mass is 387 g/mol. The Kier molecular flexibility index (Phi) is 5.47. The number of carbonyl (C=O) groups is 2. The highest BCUT2D eigenvalue weighted by atomic mass is 32.2. The van der Waals surface area contributed by atoms with Gasteiger partial charge in [0.2, 0.25) is 11.8 Å². The summed E-state index contributed by atoms with van der Waals surface area (Å²) in [6, 6.07) is 5.23. The van der Waals surface area contributed by atoms with Gasteiger partial charge in [-0.1, -0.05) is 12.1 Å².